The van der Waals surface area contributed by atoms with Gasteiger partial charge in [0.1, 0.15) is 22.8 Å². The average Bonchev–Trinajstić information content (AvgIpc) is 2.65. The summed E-state index contributed by atoms with van der Waals surface area (Å²) in [7, 11) is 4.80. The predicted molar refractivity (Wildman–Crippen MR) is 97.5 cm³/mol. The van der Waals surface area contributed by atoms with Crippen LogP contribution in [-0.4, -0.2) is 21.3 Å². The van der Waals surface area contributed by atoms with Crippen LogP contribution in [0, 0.1) is 0 Å². The molecule has 0 spiro atoms. The SMILES string of the molecule is COc1cc(/C=C/c2cc(=O)oc3ccc(OC)cc23)cc(OC)c1. The van der Waals surface area contributed by atoms with Gasteiger partial charge in [-0.15, -0.1) is 0 Å². The van der Waals surface area contributed by atoms with Crippen LogP contribution < -0.4 is 19.8 Å². The zero-order chi connectivity index (χ0) is 17.8. The van der Waals surface area contributed by atoms with Crippen LogP contribution in [0.2, 0.25) is 0 Å². The molecule has 0 aliphatic rings. The van der Waals surface area contributed by atoms with Crippen molar-refractivity contribution in [3.05, 3.63) is 64.0 Å². The molecule has 0 saturated carbocycles. The van der Waals surface area contributed by atoms with E-state index in [0.717, 1.165) is 16.5 Å². The molecule has 0 radical (unpaired) electrons. The third-order valence-electron chi connectivity index (χ3n) is 3.81. The predicted octanol–water partition coefficient (Wildman–Crippen LogP) is 3.99. The summed E-state index contributed by atoms with van der Waals surface area (Å²) in [4.78, 5) is 11.8. The van der Waals surface area contributed by atoms with E-state index in [1.165, 1.54) is 6.07 Å². The fourth-order valence-electron chi connectivity index (χ4n) is 2.54. The molecule has 0 unspecified atom stereocenters. The Balaban J connectivity index is 2.08. The molecule has 0 N–H and O–H groups in total. The van der Waals surface area contributed by atoms with E-state index in [1.54, 1.807) is 39.5 Å². The summed E-state index contributed by atoms with van der Waals surface area (Å²) < 4.78 is 21.0. The largest absolute Gasteiger partial charge is 0.497 e. The van der Waals surface area contributed by atoms with Gasteiger partial charge >= 0.3 is 5.63 Å². The summed E-state index contributed by atoms with van der Waals surface area (Å²) in [6.45, 7) is 0. The molecule has 5 nitrogen and oxygen atoms in total. The van der Waals surface area contributed by atoms with E-state index in [-0.39, 0.29) is 0 Å². The highest BCUT2D eigenvalue weighted by atomic mass is 16.5. The van der Waals surface area contributed by atoms with Crippen molar-refractivity contribution >= 4 is 23.1 Å². The van der Waals surface area contributed by atoms with Gasteiger partial charge in [0.25, 0.3) is 0 Å². The van der Waals surface area contributed by atoms with E-state index in [1.807, 2.05) is 30.4 Å². The minimum atomic E-state index is -0.402. The van der Waals surface area contributed by atoms with Gasteiger partial charge in [-0.3, -0.25) is 0 Å². The Morgan fingerprint density at radius 1 is 0.800 bits per heavy atom. The first-order valence-corrected chi connectivity index (χ1v) is 7.66. The number of rotatable bonds is 5. The van der Waals surface area contributed by atoms with Crippen molar-refractivity contribution in [3.8, 4) is 17.2 Å². The van der Waals surface area contributed by atoms with Gasteiger partial charge in [-0.1, -0.05) is 12.2 Å². The minimum Gasteiger partial charge on any atom is -0.497 e. The zero-order valence-electron chi connectivity index (χ0n) is 14.2. The number of benzene rings is 2. The van der Waals surface area contributed by atoms with Crippen LogP contribution in [0.4, 0.5) is 0 Å². The Bertz CT molecular complexity index is 963. The molecule has 2 aromatic carbocycles. The van der Waals surface area contributed by atoms with Gasteiger partial charge < -0.3 is 18.6 Å². The van der Waals surface area contributed by atoms with Crippen LogP contribution in [0.5, 0.6) is 17.2 Å². The second-order valence-electron chi connectivity index (χ2n) is 5.36. The molecule has 1 aromatic heterocycles. The fraction of sp³-hybridized carbons (Fsp3) is 0.150. The summed E-state index contributed by atoms with van der Waals surface area (Å²) in [6, 6.07) is 12.3. The van der Waals surface area contributed by atoms with Crippen molar-refractivity contribution < 1.29 is 18.6 Å². The van der Waals surface area contributed by atoms with Crippen molar-refractivity contribution in [3.63, 3.8) is 0 Å². The summed E-state index contributed by atoms with van der Waals surface area (Å²) in [6.07, 6.45) is 3.74. The van der Waals surface area contributed by atoms with Gasteiger partial charge in [-0.05, 0) is 41.5 Å². The highest BCUT2D eigenvalue weighted by molar-refractivity contribution is 5.90. The van der Waals surface area contributed by atoms with Gasteiger partial charge in [0, 0.05) is 17.5 Å². The lowest BCUT2D eigenvalue weighted by molar-refractivity contribution is 0.394. The maximum Gasteiger partial charge on any atom is 0.336 e. The van der Waals surface area contributed by atoms with E-state index >= 15 is 0 Å². The lowest BCUT2D eigenvalue weighted by Gasteiger charge is -2.06. The molecule has 0 bridgehead atoms. The first-order chi connectivity index (χ1) is 12.1. The Kier molecular flexibility index (Phi) is 4.75. The Morgan fingerprint density at radius 3 is 2.12 bits per heavy atom. The van der Waals surface area contributed by atoms with E-state index < -0.39 is 5.63 Å². The smallest absolute Gasteiger partial charge is 0.336 e. The molecule has 3 rings (SSSR count). The van der Waals surface area contributed by atoms with Gasteiger partial charge in [-0.25, -0.2) is 4.79 Å². The highest BCUT2D eigenvalue weighted by Gasteiger charge is 2.06. The van der Waals surface area contributed by atoms with Crippen LogP contribution >= 0.6 is 0 Å². The zero-order valence-corrected chi connectivity index (χ0v) is 14.2. The van der Waals surface area contributed by atoms with Gasteiger partial charge in [0.05, 0.1) is 21.3 Å². The van der Waals surface area contributed by atoms with Gasteiger partial charge in [0.2, 0.25) is 0 Å². The normalized spacial score (nSPS) is 11.0. The summed E-state index contributed by atoms with van der Waals surface area (Å²) in [5.74, 6) is 2.08. The maximum absolute atomic E-state index is 11.8. The number of fused-ring (bicyclic) bond motifs is 1. The Morgan fingerprint density at radius 2 is 1.48 bits per heavy atom. The van der Waals surface area contributed by atoms with E-state index in [2.05, 4.69) is 0 Å². The van der Waals surface area contributed by atoms with E-state index in [0.29, 0.717) is 22.8 Å². The minimum absolute atomic E-state index is 0.402. The molecule has 5 heteroatoms. The van der Waals surface area contributed by atoms with Crippen LogP contribution in [0.15, 0.2) is 51.7 Å². The second kappa shape index (κ2) is 7.13. The van der Waals surface area contributed by atoms with Gasteiger partial charge in [-0.2, -0.15) is 0 Å². The summed E-state index contributed by atoms with van der Waals surface area (Å²) >= 11 is 0. The lowest BCUT2D eigenvalue weighted by Crippen LogP contribution is -1.98. The summed E-state index contributed by atoms with van der Waals surface area (Å²) in [5.41, 5.74) is 1.74. The number of hydrogen-bond acceptors (Lipinski definition) is 5. The molecule has 0 amide bonds. The molecule has 0 aliphatic carbocycles. The lowest BCUT2D eigenvalue weighted by atomic mass is 10.1. The summed E-state index contributed by atoms with van der Waals surface area (Å²) in [5, 5.41) is 0.796. The average molecular weight is 338 g/mol. The van der Waals surface area contributed by atoms with Crippen LogP contribution in [0.1, 0.15) is 11.1 Å². The monoisotopic (exact) mass is 338 g/mol. The quantitative estimate of drug-likeness (QED) is 0.658. The number of methoxy groups -OCH3 is 3. The van der Waals surface area contributed by atoms with E-state index in [4.69, 9.17) is 18.6 Å². The van der Waals surface area contributed by atoms with E-state index in [9.17, 15) is 4.79 Å². The highest BCUT2D eigenvalue weighted by Crippen LogP contribution is 2.26. The molecule has 0 fully saturated rings. The topological polar surface area (TPSA) is 57.9 Å². The molecular formula is C20H18O5. The Hall–Kier alpha value is -3.21. The maximum atomic E-state index is 11.8. The molecule has 0 atom stereocenters. The third kappa shape index (κ3) is 3.66. The van der Waals surface area contributed by atoms with Gasteiger partial charge in [0.15, 0.2) is 0 Å². The van der Waals surface area contributed by atoms with Crippen molar-refractivity contribution in [1.82, 2.24) is 0 Å². The van der Waals surface area contributed by atoms with Crippen molar-refractivity contribution in [2.24, 2.45) is 0 Å². The molecule has 1 heterocycles. The molecule has 128 valence electrons. The first-order valence-electron chi connectivity index (χ1n) is 7.66. The molecule has 0 saturated heterocycles. The second-order valence-corrected chi connectivity index (χ2v) is 5.36. The number of ether oxygens (including phenoxy) is 3. The first kappa shape index (κ1) is 16.6. The van der Waals surface area contributed by atoms with Crippen LogP contribution in [0.3, 0.4) is 0 Å². The van der Waals surface area contributed by atoms with Crippen molar-refractivity contribution in [1.29, 1.82) is 0 Å². The molecule has 3 aromatic rings. The van der Waals surface area contributed by atoms with Crippen LogP contribution in [0.25, 0.3) is 23.1 Å². The Labute approximate surface area is 145 Å². The molecule has 25 heavy (non-hydrogen) atoms. The van der Waals surface area contributed by atoms with Crippen molar-refractivity contribution in [2.75, 3.05) is 21.3 Å². The standard InChI is InChI=1S/C20H18O5/c1-22-15-6-7-19-18(12-15)14(10-20(21)25-19)5-4-13-8-16(23-2)11-17(9-13)24-3/h4-12H,1-3H3/b5-4+. The van der Waals surface area contributed by atoms with Crippen LogP contribution in [-0.2, 0) is 0 Å². The number of hydrogen-bond donors (Lipinski definition) is 0. The fourth-order valence-corrected chi connectivity index (χ4v) is 2.54. The molecule has 0 aliphatic heterocycles. The van der Waals surface area contributed by atoms with Crippen molar-refractivity contribution in [2.45, 2.75) is 0 Å². The molecular weight excluding hydrogens is 320 g/mol. The third-order valence-corrected chi connectivity index (χ3v) is 3.81.